The Balaban J connectivity index is 1.76. The van der Waals surface area contributed by atoms with Gasteiger partial charge in [-0.3, -0.25) is 0 Å². The van der Waals surface area contributed by atoms with Gasteiger partial charge in [0.15, 0.2) is 0 Å². The molecule has 0 spiro atoms. The fourth-order valence-electron chi connectivity index (χ4n) is 6.10. The molecule has 5 rings (SSSR count). The summed E-state index contributed by atoms with van der Waals surface area (Å²) in [4.78, 5) is 0. The summed E-state index contributed by atoms with van der Waals surface area (Å²) in [5.41, 5.74) is 0.899. The molecule has 4 bridgehead atoms. The quantitative estimate of drug-likeness (QED) is 0.759. The first kappa shape index (κ1) is 11.5. The Bertz CT molecular complexity index is 651. The van der Waals surface area contributed by atoms with Gasteiger partial charge >= 0.3 is 0 Å². The molecule has 20 heavy (non-hydrogen) atoms. The Kier molecular flexibility index (Phi) is 1.76. The smallest absolute Gasteiger partial charge is 0.0798 e. The lowest BCUT2D eigenvalue weighted by molar-refractivity contribution is -0.298. The number of fused-ring (bicyclic) bond motifs is 5. The van der Waals surface area contributed by atoms with Crippen molar-refractivity contribution in [3.05, 3.63) is 41.5 Å². The van der Waals surface area contributed by atoms with E-state index in [0.717, 1.165) is 19.3 Å². The van der Waals surface area contributed by atoms with E-state index in [2.05, 4.69) is 43.3 Å². The first-order valence-electron chi connectivity index (χ1n) is 7.73. The van der Waals surface area contributed by atoms with E-state index in [1.54, 1.807) is 0 Å². The Morgan fingerprint density at radius 3 is 2.70 bits per heavy atom. The molecule has 3 saturated carbocycles. The van der Waals surface area contributed by atoms with Gasteiger partial charge in [-0.15, -0.1) is 0 Å². The summed E-state index contributed by atoms with van der Waals surface area (Å²) in [6, 6.07) is 8.47. The molecule has 4 aliphatic rings. The predicted molar refractivity (Wildman–Crippen MR) is 77.1 cm³/mol. The van der Waals surface area contributed by atoms with Gasteiger partial charge in [0.05, 0.1) is 11.2 Å². The van der Waals surface area contributed by atoms with Crippen LogP contribution in [0.3, 0.4) is 0 Å². The molecule has 1 unspecified atom stereocenters. The predicted octanol–water partition coefficient (Wildman–Crippen LogP) is 2.71. The first-order chi connectivity index (χ1) is 9.51. The second-order valence-electron chi connectivity index (χ2n) is 7.53. The van der Waals surface area contributed by atoms with Gasteiger partial charge in [0.1, 0.15) is 0 Å². The molecule has 6 atom stereocenters. The zero-order chi connectivity index (χ0) is 13.8. The SMILES string of the molecule is C[C@@]12C[C@H]3[C@H]4c5ccccc5C=C[C@@H]4[C@]1(O)CCC32O. The van der Waals surface area contributed by atoms with Crippen LogP contribution in [0.5, 0.6) is 0 Å². The minimum atomic E-state index is -0.731. The molecule has 0 heterocycles. The maximum absolute atomic E-state index is 11.4. The summed E-state index contributed by atoms with van der Waals surface area (Å²) in [5.74, 6) is 0.769. The first-order valence-corrected chi connectivity index (χ1v) is 7.73. The summed E-state index contributed by atoms with van der Waals surface area (Å²) < 4.78 is 0. The fraction of sp³-hybridized carbons (Fsp3) is 0.556. The van der Waals surface area contributed by atoms with E-state index in [1.165, 1.54) is 11.1 Å². The molecule has 0 radical (unpaired) electrons. The van der Waals surface area contributed by atoms with Crippen LogP contribution in [0.15, 0.2) is 30.3 Å². The van der Waals surface area contributed by atoms with Gasteiger partial charge in [-0.2, -0.15) is 0 Å². The molecule has 2 N–H and O–H groups in total. The number of hydrogen-bond acceptors (Lipinski definition) is 2. The van der Waals surface area contributed by atoms with Crippen LogP contribution in [0.1, 0.15) is 43.2 Å². The molecule has 0 amide bonds. The molecule has 0 aromatic heterocycles. The van der Waals surface area contributed by atoms with E-state index in [0.29, 0.717) is 5.92 Å². The maximum Gasteiger partial charge on any atom is 0.0798 e. The maximum atomic E-state index is 11.4. The van der Waals surface area contributed by atoms with Crippen molar-refractivity contribution in [1.29, 1.82) is 0 Å². The van der Waals surface area contributed by atoms with Crippen LogP contribution in [-0.4, -0.2) is 21.4 Å². The molecule has 1 aromatic carbocycles. The minimum Gasteiger partial charge on any atom is -0.389 e. The summed E-state index contributed by atoms with van der Waals surface area (Å²) in [5, 5.41) is 22.5. The van der Waals surface area contributed by atoms with Crippen LogP contribution in [0.25, 0.3) is 6.08 Å². The fourth-order valence-corrected chi connectivity index (χ4v) is 6.10. The molecular weight excluding hydrogens is 248 g/mol. The monoisotopic (exact) mass is 268 g/mol. The van der Waals surface area contributed by atoms with Gasteiger partial charge in [0.2, 0.25) is 0 Å². The molecule has 0 saturated heterocycles. The van der Waals surface area contributed by atoms with Crippen molar-refractivity contribution in [2.45, 2.75) is 43.3 Å². The number of rotatable bonds is 0. The van der Waals surface area contributed by atoms with E-state index >= 15 is 0 Å². The lowest BCUT2D eigenvalue weighted by atomic mass is 9.37. The Morgan fingerprint density at radius 1 is 1.10 bits per heavy atom. The van der Waals surface area contributed by atoms with Crippen molar-refractivity contribution < 1.29 is 10.2 Å². The average molecular weight is 268 g/mol. The van der Waals surface area contributed by atoms with E-state index < -0.39 is 11.2 Å². The van der Waals surface area contributed by atoms with Crippen molar-refractivity contribution in [3.63, 3.8) is 0 Å². The Hall–Kier alpha value is -1.12. The molecule has 2 nitrogen and oxygen atoms in total. The van der Waals surface area contributed by atoms with E-state index in [1.807, 2.05) is 0 Å². The summed E-state index contributed by atoms with van der Waals surface area (Å²) in [6.07, 6.45) is 6.84. The zero-order valence-corrected chi connectivity index (χ0v) is 11.7. The van der Waals surface area contributed by atoms with Crippen LogP contribution >= 0.6 is 0 Å². The topological polar surface area (TPSA) is 40.5 Å². The zero-order valence-electron chi connectivity index (χ0n) is 11.7. The van der Waals surface area contributed by atoms with Crippen molar-refractivity contribution in [1.82, 2.24) is 0 Å². The summed E-state index contributed by atoms with van der Waals surface area (Å²) in [7, 11) is 0. The van der Waals surface area contributed by atoms with Gasteiger partial charge < -0.3 is 10.2 Å². The molecular formula is C18H20O2. The van der Waals surface area contributed by atoms with Crippen LogP contribution in [-0.2, 0) is 0 Å². The third-order valence-electron chi connectivity index (χ3n) is 7.25. The molecule has 0 aliphatic heterocycles. The van der Waals surface area contributed by atoms with Crippen LogP contribution in [0.2, 0.25) is 0 Å². The van der Waals surface area contributed by atoms with E-state index in [9.17, 15) is 10.2 Å². The van der Waals surface area contributed by atoms with Crippen LogP contribution in [0, 0.1) is 17.3 Å². The van der Waals surface area contributed by atoms with Gasteiger partial charge in [-0.25, -0.2) is 0 Å². The number of aliphatic hydroxyl groups is 2. The normalized spacial score (nSPS) is 54.0. The summed E-state index contributed by atoms with van der Waals surface area (Å²) >= 11 is 0. The Labute approximate surface area is 119 Å². The highest BCUT2D eigenvalue weighted by molar-refractivity contribution is 5.61. The number of benzene rings is 1. The van der Waals surface area contributed by atoms with Crippen molar-refractivity contribution in [3.8, 4) is 0 Å². The van der Waals surface area contributed by atoms with Gasteiger partial charge in [0.25, 0.3) is 0 Å². The van der Waals surface area contributed by atoms with Crippen molar-refractivity contribution in [2.24, 2.45) is 17.3 Å². The van der Waals surface area contributed by atoms with Gasteiger partial charge in [0, 0.05) is 11.3 Å². The molecule has 104 valence electrons. The molecule has 2 heteroatoms. The summed E-state index contributed by atoms with van der Waals surface area (Å²) in [6.45, 7) is 2.10. The van der Waals surface area contributed by atoms with Gasteiger partial charge in [-0.05, 0) is 42.2 Å². The highest BCUT2D eigenvalue weighted by atomic mass is 16.3. The lowest BCUT2D eigenvalue weighted by Crippen LogP contribution is -2.75. The lowest BCUT2D eigenvalue weighted by Gasteiger charge is -2.70. The second-order valence-corrected chi connectivity index (χ2v) is 7.53. The average Bonchev–Trinajstić information content (AvgIpc) is 2.57. The third-order valence-corrected chi connectivity index (χ3v) is 7.25. The molecule has 4 aliphatic carbocycles. The third kappa shape index (κ3) is 0.897. The van der Waals surface area contributed by atoms with Crippen LogP contribution in [0.4, 0.5) is 0 Å². The largest absolute Gasteiger partial charge is 0.389 e. The van der Waals surface area contributed by atoms with E-state index in [4.69, 9.17) is 0 Å². The van der Waals surface area contributed by atoms with Crippen molar-refractivity contribution >= 4 is 6.08 Å². The molecule has 1 aromatic rings. The second kappa shape index (κ2) is 3.05. The van der Waals surface area contributed by atoms with Gasteiger partial charge in [-0.1, -0.05) is 43.3 Å². The minimum absolute atomic E-state index is 0.170. The van der Waals surface area contributed by atoms with Crippen LogP contribution < -0.4 is 0 Å². The number of hydrogen-bond donors (Lipinski definition) is 2. The standard InChI is InChI=1S/C18H20O2/c1-16-10-14-15-12-5-3-2-4-11(12)6-7-13(15)17(16,19)8-9-18(14,16)20/h2-7,13-15,19-20H,8-10H2,1H3/t13-,14-,15-,16+,17+,18?/m0/s1. The van der Waals surface area contributed by atoms with Crippen molar-refractivity contribution in [2.75, 3.05) is 0 Å². The highest BCUT2D eigenvalue weighted by Crippen LogP contribution is 2.78. The highest BCUT2D eigenvalue weighted by Gasteiger charge is 2.81. The Morgan fingerprint density at radius 2 is 1.85 bits per heavy atom. The molecule has 3 fully saturated rings. The van der Waals surface area contributed by atoms with E-state index in [-0.39, 0.29) is 17.3 Å².